The summed E-state index contributed by atoms with van der Waals surface area (Å²) < 4.78 is 5.28. The van der Waals surface area contributed by atoms with Gasteiger partial charge in [0.1, 0.15) is 11.8 Å². The van der Waals surface area contributed by atoms with Crippen molar-refractivity contribution in [3.8, 4) is 5.75 Å². The van der Waals surface area contributed by atoms with E-state index in [1.807, 2.05) is 12.1 Å². The highest BCUT2D eigenvalue weighted by Crippen LogP contribution is 2.38. The quantitative estimate of drug-likeness (QED) is 0.833. The second-order valence-electron chi connectivity index (χ2n) is 6.42. The van der Waals surface area contributed by atoms with Crippen LogP contribution in [0.1, 0.15) is 47.5 Å². The Morgan fingerprint density at radius 3 is 2.64 bits per heavy atom. The van der Waals surface area contributed by atoms with E-state index in [4.69, 9.17) is 4.74 Å². The molecule has 0 saturated carbocycles. The largest absolute Gasteiger partial charge is 0.497 e. The number of rotatable bonds is 6. The van der Waals surface area contributed by atoms with Crippen LogP contribution in [-0.2, 0) is 11.2 Å². The fourth-order valence-electron chi connectivity index (χ4n) is 3.56. The zero-order valence-corrected chi connectivity index (χ0v) is 15.6. The van der Waals surface area contributed by atoms with Gasteiger partial charge in [0.2, 0.25) is 0 Å². The number of carboxylic acids is 1. The van der Waals surface area contributed by atoms with E-state index in [9.17, 15) is 9.90 Å². The second kappa shape index (κ2) is 8.02. The van der Waals surface area contributed by atoms with Crippen molar-refractivity contribution in [1.29, 1.82) is 0 Å². The highest BCUT2D eigenvalue weighted by Gasteiger charge is 2.35. The number of aryl methyl sites for hydroxylation is 1. The van der Waals surface area contributed by atoms with Crippen molar-refractivity contribution in [2.45, 2.75) is 44.7 Å². The molecule has 25 heavy (non-hydrogen) atoms. The number of benzene rings is 1. The van der Waals surface area contributed by atoms with Gasteiger partial charge in [-0.3, -0.25) is 9.69 Å². The van der Waals surface area contributed by atoms with Gasteiger partial charge >= 0.3 is 5.97 Å². The summed E-state index contributed by atoms with van der Waals surface area (Å²) in [5.74, 6) is 0.0989. The van der Waals surface area contributed by atoms with Gasteiger partial charge in [0.05, 0.1) is 13.2 Å². The molecule has 0 amide bonds. The first-order valence-corrected chi connectivity index (χ1v) is 9.66. The first-order chi connectivity index (χ1) is 12.1. The van der Waals surface area contributed by atoms with Crippen LogP contribution in [0.15, 0.2) is 36.4 Å². The normalized spacial score (nSPS) is 19.5. The van der Waals surface area contributed by atoms with E-state index in [1.165, 1.54) is 9.75 Å². The molecule has 2 heterocycles. The molecule has 1 saturated heterocycles. The predicted octanol–water partition coefficient (Wildman–Crippen LogP) is 4.35. The summed E-state index contributed by atoms with van der Waals surface area (Å²) in [6.07, 6.45) is 3.74. The molecule has 3 rings (SSSR count). The lowest BCUT2D eigenvalue weighted by atomic mass is 9.95. The lowest BCUT2D eigenvalue weighted by Crippen LogP contribution is -2.46. The average molecular weight is 359 g/mol. The smallest absolute Gasteiger partial charge is 0.320 e. The van der Waals surface area contributed by atoms with E-state index < -0.39 is 12.0 Å². The molecule has 1 aromatic heterocycles. The van der Waals surface area contributed by atoms with E-state index in [1.54, 1.807) is 18.4 Å². The predicted molar refractivity (Wildman–Crippen MR) is 101 cm³/mol. The molecule has 1 aliphatic heterocycles. The van der Waals surface area contributed by atoms with Crippen LogP contribution in [0, 0.1) is 0 Å². The summed E-state index contributed by atoms with van der Waals surface area (Å²) in [7, 11) is 1.66. The topological polar surface area (TPSA) is 49.8 Å². The van der Waals surface area contributed by atoms with Crippen molar-refractivity contribution >= 4 is 17.3 Å². The molecule has 2 aromatic rings. The Morgan fingerprint density at radius 1 is 1.28 bits per heavy atom. The van der Waals surface area contributed by atoms with Crippen molar-refractivity contribution in [2.24, 2.45) is 0 Å². The maximum absolute atomic E-state index is 11.8. The average Bonchev–Trinajstić information content (AvgIpc) is 3.11. The van der Waals surface area contributed by atoms with Gasteiger partial charge in [-0.1, -0.05) is 25.5 Å². The van der Waals surface area contributed by atoms with Gasteiger partial charge in [-0.25, -0.2) is 0 Å². The number of hydrogen-bond donors (Lipinski definition) is 1. The summed E-state index contributed by atoms with van der Waals surface area (Å²) in [4.78, 5) is 16.5. The number of thiophene rings is 1. The van der Waals surface area contributed by atoms with Gasteiger partial charge in [-0.05, 0) is 55.6 Å². The summed E-state index contributed by atoms with van der Waals surface area (Å²) in [6, 6.07) is 11.9. The van der Waals surface area contributed by atoms with Crippen LogP contribution >= 0.6 is 11.3 Å². The highest BCUT2D eigenvalue weighted by molar-refractivity contribution is 7.12. The minimum Gasteiger partial charge on any atom is -0.497 e. The Balaban J connectivity index is 2.02. The second-order valence-corrected chi connectivity index (χ2v) is 7.62. The molecule has 1 N–H and O–H groups in total. The summed E-state index contributed by atoms with van der Waals surface area (Å²) in [5.41, 5.74) is 1.12. The van der Waals surface area contributed by atoms with Gasteiger partial charge in [-0.15, -0.1) is 11.3 Å². The van der Waals surface area contributed by atoms with Crippen LogP contribution in [0.4, 0.5) is 0 Å². The molecule has 5 heteroatoms. The number of ether oxygens (including phenoxy) is 1. The van der Waals surface area contributed by atoms with Crippen molar-refractivity contribution in [2.75, 3.05) is 13.7 Å². The Kier molecular flexibility index (Phi) is 5.76. The number of piperidine rings is 1. The fraction of sp³-hybridized carbons (Fsp3) is 0.450. The van der Waals surface area contributed by atoms with E-state index in [0.29, 0.717) is 6.42 Å². The van der Waals surface area contributed by atoms with Crippen LogP contribution in [0.5, 0.6) is 5.75 Å². The van der Waals surface area contributed by atoms with Gasteiger partial charge in [-0.2, -0.15) is 0 Å². The minimum absolute atomic E-state index is 0.0161. The number of hydrogen-bond acceptors (Lipinski definition) is 4. The Morgan fingerprint density at radius 2 is 2.04 bits per heavy atom. The molecule has 1 aliphatic rings. The van der Waals surface area contributed by atoms with Crippen LogP contribution in [0.25, 0.3) is 0 Å². The Hall–Kier alpha value is -1.85. The van der Waals surface area contributed by atoms with E-state index in [2.05, 4.69) is 36.1 Å². The first-order valence-electron chi connectivity index (χ1n) is 8.85. The number of methoxy groups -OCH3 is 1. The number of carbonyl (C=O) groups is 1. The molecular formula is C20H25NO3S. The molecule has 1 aromatic carbocycles. The first kappa shape index (κ1) is 18.0. The van der Waals surface area contributed by atoms with Crippen molar-refractivity contribution in [1.82, 2.24) is 4.90 Å². The SMILES string of the molecule is CCc1ccc(C(c2ccc(OC)cc2)N2CCCCC2C(=O)O)s1. The third kappa shape index (κ3) is 3.88. The molecule has 134 valence electrons. The van der Waals surface area contributed by atoms with Crippen molar-refractivity contribution < 1.29 is 14.6 Å². The van der Waals surface area contributed by atoms with Crippen molar-refractivity contribution in [3.63, 3.8) is 0 Å². The number of carboxylic acid groups (broad SMARTS) is 1. The van der Waals surface area contributed by atoms with Crippen molar-refractivity contribution in [3.05, 3.63) is 51.7 Å². The number of nitrogens with zero attached hydrogens (tertiary/aromatic N) is 1. The van der Waals surface area contributed by atoms with Crippen LogP contribution < -0.4 is 4.74 Å². The molecule has 0 radical (unpaired) electrons. The van der Waals surface area contributed by atoms with E-state index in [0.717, 1.165) is 37.1 Å². The van der Waals surface area contributed by atoms with Gasteiger partial charge in [0.25, 0.3) is 0 Å². The van der Waals surface area contributed by atoms with Gasteiger partial charge in [0, 0.05) is 9.75 Å². The van der Waals surface area contributed by atoms with Crippen LogP contribution in [0.2, 0.25) is 0 Å². The number of aliphatic carboxylic acids is 1. The lowest BCUT2D eigenvalue weighted by Gasteiger charge is -2.39. The molecule has 2 unspecified atom stereocenters. The molecule has 2 atom stereocenters. The minimum atomic E-state index is -0.717. The van der Waals surface area contributed by atoms with E-state index >= 15 is 0 Å². The Labute approximate surface area is 153 Å². The zero-order valence-electron chi connectivity index (χ0n) is 14.8. The molecular weight excluding hydrogens is 334 g/mol. The molecule has 0 aliphatic carbocycles. The summed E-state index contributed by atoms with van der Waals surface area (Å²) >= 11 is 1.79. The molecule has 4 nitrogen and oxygen atoms in total. The summed E-state index contributed by atoms with van der Waals surface area (Å²) in [5, 5.41) is 9.73. The molecule has 1 fully saturated rings. The van der Waals surface area contributed by atoms with Crippen LogP contribution in [0.3, 0.4) is 0 Å². The third-order valence-corrected chi connectivity index (χ3v) is 6.17. The lowest BCUT2D eigenvalue weighted by molar-refractivity contribution is -0.145. The maximum Gasteiger partial charge on any atom is 0.320 e. The monoisotopic (exact) mass is 359 g/mol. The zero-order chi connectivity index (χ0) is 17.8. The Bertz CT molecular complexity index is 710. The van der Waals surface area contributed by atoms with E-state index in [-0.39, 0.29) is 6.04 Å². The fourth-order valence-corrected chi connectivity index (χ4v) is 4.67. The van der Waals surface area contributed by atoms with Gasteiger partial charge in [0.15, 0.2) is 0 Å². The standard InChI is InChI=1S/C20H25NO3S/c1-3-16-11-12-18(25-16)19(14-7-9-15(24-2)10-8-14)21-13-5-4-6-17(21)20(22)23/h7-12,17,19H,3-6,13H2,1-2H3,(H,22,23). The highest BCUT2D eigenvalue weighted by atomic mass is 32.1. The number of likely N-dealkylation sites (tertiary alicyclic amines) is 1. The molecule has 0 spiro atoms. The maximum atomic E-state index is 11.8. The third-order valence-electron chi connectivity index (χ3n) is 4.89. The van der Waals surface area contributed by atoms with Gasteiger partial charge < -0.3 is 9.84 Å². The molecule has 0 bridgehead atoms. The summed E-state index contributed by atoms with van der Waals surface area (Å²) in [6.45, 7) is 2.96. The van der Waals surface area contributed by atoms with Crippen LogP contribution in [-0.4, -0.2) is 35.7 Å².